The minimum atomic E-state index is -0.663. The average molecular weight is 307 g/mol. The van der Waals surface area contributed by atoms with Gasteiger partial charge in [-0.15, -0.1) is 5.10 Å². The predicted octanol–water partition coefficient (Wildman–Crippen LogP) is 2.37. The van der Waals surface area contributed by atoms with Crippen molar-refractivity contribution in [2.24, 2.45) is 0 Å². The van der Waals surface area contributed by atoms with E-state index in [0.29, 0.717) is 11.3 Å². The molecule has 0 saturated heterocycles. The molecule has 0 spiro atoms. The third kappa shape index (κ3) is 2.31. The number of esters is 1. The summed E-state index contributed by atoms with van der Waals surface area (Å²) in [5.41, 5.74) is 1.19. The van der Waals surface area contributed by atoms with E-state index < -0.39 is 11.8 Å². The first-order chi connectivity index (χ1) is 10.1. The van der Waals surface area contributed by atoms with Crippen molar-refractivity contribution in [2.45, 2.75) is 0 Å². The molecule has 0 aliphatic heterocycles. The van der Waals surface area contributed by atoms with Gasteiger partial charge in [0.05, 0.1) is 17.8 Å². The second-order valence-electron chi connectivity index (χ2n) is 4.10. The fourth-order valence-electron chi connectivity index (χ4n) is 1.85. The molecule has 0 radical (unpaired) electrons. The van der Waals surface area contributed by atoms with Crippen molar-refractivity contribution in [3.8, 4) is 11.3 Å². The molecule has 0 aliphatic rings. The second-order valence-corrected chi connectivity index (χ2v) is 4.50. The number of ether oxygens (including phenoxy) is 1. The zero-order chi connectivity index (χ0) is 15.0. The van der Waals surface area contributed by atoms with Crippen molar-refractivity contribution in [2.75, 3.05) is 7.11 Å². The quantitative estimate of drug-likeness (QED) is 0.680. The highest BCUT2D eigenvalue weighted by molar-refractivity contribution is 6.31. The topological polar surface area (TPSA) is 69.4 Å². The highest BCUT2D eigenvalue weighted by atomic mass is 35.5. The Labute approximate surface area is 123 Å². The van der Waals surface area contributed by atoms with Gasteiger partial charge in [-0.3, -0.25) is 0 Å². The first-order valence-electron chi connectivity index (χ1n) is 5.85. The summed E-state index contributed by atoms with van der Waals surface area (Å²) in [4.78, 5) is 19.5. The van der Waals surface area contributed by atoms with E-state index >= 15 is 0 Å². The number of carbonyl (C=O) groups excluding carboxylic acids is 1. The summed E-state index contributed by atoms with van der Waals surface area (Å²) in [7, 11) is 1.24. The van der Waals surface area contributed by atoms with Crippen LogP contribution in [0.4, 0.5) is 4.39 Å². The molecular weight excluding hydrogens is 299 g/mol. The van der Waals surface area contributed by atoms with Crippen molar-refractivity contribution in [1.82, 2.24) is 19.6 Å². The van der Waals surface area contributed by atoms with E-state index in [1.807, 2.05) is 0 Å². The molecule has 21 heavy (non-hydrogen) atoms. The number of nitrogens with zero attached hydrogens (tertiary/aromatic N) is 4. The number of rotatable bonds is 2. The van der Waals surface area contributed by atoms with E-state index in [0.717, 1.165) is 0 Å². The molecule has 0 bridgehead atoms. The van der Waals surface area contributed by atoms with Crippen LogP contribution in [0.5, 0.6) is 0 Å². The molecule has 1 aromatic carbocycles. The molecule has 8 heteroatoms. The van der Waals surface area contributed by atoms with E-state index in [-0.39, 0.29) is 16.6 Å². The number of hydrogen-bond donors (Lipinski definition) is 0. The van der Waals surface area contributed by atoms with Crippen molar-refractivity contribution < 1.29 is 13.9 Å². The van der Waals surface area contributed by atoms with E-state index in [9.17, 15) is 9.18 Å². The minimum Gasteiger partial charge on any atom is -0.463 e. The maximum atomic E-state index is 13.2. The maximum Gasteiger partial charge on any atom is 0.378 e. The first-order valence-corrected chi connectivity index (χ1v) is 6.23. The third-order valence-electron chi connectivity index (χ3n) is 2.82. The maximum absolute atomic E-state index is 13.2. The lowest BCUT2D eigenvalue weighted by molar-refractivity contribution is 0.0587. The second kappa shape index (κ2) is 5.10. The highest BCUT2D eigenvalue weighted by Crippen LogP contribution is 2.24. The molecule has 2 aromatic heterocycles. The molecule has 0 fully saturated rings. The zero-order valence-corrected chi connectivity index (χ0v) is 11.5. The molecular formula is C13H8ClFN4O2. The first kappa shape index (κ1) is 13.4. The van der Waals surface area contributed by atoms with Crippen LogP contribution < -0.4 is 0 Å². The highest BCUT2D eigenvalue weighted by Gasteiger charge is 2.16. The molecule has 6 nitrogen and oxygen atoms in total. The molecule has 3 aromatic rings. The Morgan fingerprint density at radius 3 is 2.90 bits per heavy atom. The van der Waals surface area contributed by atoms with Gasteiger partial charge in [-0.05, 0) is 24.3 Å². The van der Waals surface area contributed by atoms with Gasteiger partial charge in [-0.2, -0.15) is 9.50 Å². The van der Waals surface area contributed by atoms with Gasteiger partial charge in [0.25, 0.3) is 11.6 Å². The molecule has 0 unspecified atom stereocenters. The molecule has 0 aliphatic carbocycles. The van der Waals surface area contributed by atoms with Gasteiger partial charge in [0, 0.05) is 11.8 Å². The van der Waals surface area contributed by atoms with Crippen LogP contribution in [0.3, 0.4) is 0 Å². The SMILES string of the molecule is COC(=O)c1nc2nccc(-c3ccc(F)c(Cl)c3)n2n1. The zero-order valence-electron chi connectivity index (χ0n) is 10.7. The normalized spacial score (nSPS) is 10.8. The van der Waals surface area contributed by atoms with Crippen LogP contribution >= 0.6 is 11.6 Å². The standard InChI is InChI=1S/C13H8ClFN4O2/c1-21-12(20)11-17-13-16-5-4-10(19(13)18-11)7-2-3-9(15)8(14)6-7/h2-6H,1H3. The Balaban J connectivity index is 2.20. The van der Waals surface area contributed by atoms with Gasteiger partial charge < -0.3 is 4.74 Å². The molecule has 0 amide bonds. The van der Waals surface area contributed by atoms with Gasteiger partial charge in [0.2, 0.25) is 0 Å². The molecule has 0 saturated carbocycles. The Bertz CT molecular complexity index is 849. The van der Waals surface area contributed by atoms with Gasteiger partial charge in [-0.1, -0.05) is 11.6 Å². The lowest BCUT2D eigenvalue weighted by atomic mass is 10.1. The number of hydrogen-bond acceptors (Lipinski definition) is 5. The summed E-state index contributed by atoms with van der Waals surface area (Å²) >= 11 is 5.78. The van der Waals surface area contributed by atoms with E-state index in [2.05, 4.69) is 19.8 Å². The van der Waals surface area contributed by atoms with Crippen LogP contribution in [-0.4, -0.2) is 32.7 Å². The van der Waals surface area contributed by atoms with Crippen molar-refractivity contribution >= 4 is 23.3 Å². The number of carbonyl (C=O) groups is 1. The van der Waals surface area contributed by atoms with E-state index in [1.54, 1.807) is 12.1 Å². The van der Waals surface area contributed by atoms with Crippen LogP contribution in [0.1, 0.15) is 10.6 Å². The fraction of sp³-hybridized carbons (Fsp3) is 0.0769. The van der Waals surface area contributed by atoms with Crippen LogP contribution in [-0.2, 0) is 4.74 Å². The molecule has 2 heterocycles. The molecule has 3 rings (SSSR count). The monoisotopic (exact) mass is 306 g/mol. The molecule has 106 valence electrons. The lowest BCUT2D eigenvalue weighted by Gasteiger charge is -2.04. The van der Waals surface area contributed by atoms with E-state index in [4.69, 9.17) is 11.6 Å². The van der Waals surface area contributed by atoms with Gasteiger partial charge in [-0.25, -0.2) is 14.2 Å². The van der Waals surface area contributed by atoms with Crippen molar-refractivity contribution in [3.05, 3.63) is 47.1 Å². The Kier molecular flexibility index (Phi) is 3.26. The average Bonchev–Trinajstić information content (AvgIpc) is 2.93. The van der Waals surface area contributed by atoms with Crippen LogP contribution in [0, 0.1) is 5.82 Å². The van der Waals surface area contributed by atoms with Gasteiger partial charge in [0.1, 0.15) is 5.82 Å². The predicted molar refractivity (Wildman–Crippen MR) is 72.5 cm³/mol. The van der Waals surface area contributed by atoms with Gasteiger partial charge in [0.15, 0.2) is 0 Å². The lowest BCUT2D eigenvalue weighted by Crippen LogP contribution is -2.04. The van der Waals surface area contributed by atoms with Crippen LogP contribution in [0.25, 0.3) is 17.0 Å². The summed E-state index contributed by atoms with van der Waals surface area (Å²) in [6.07, 6.45) is 1.51. The van der Waals surface area contributed by atoms with Crippen LogP contribution in [0.2, 0.25) is 5.02 Å². The summed E-state index contributed by atoms with van der Waals surface area (Å²) < 4.78 is 19.2. The summed E-state index contributed by atoms with van der Waals surface area (Å²) in [6.45, 7) is 0. The largest absolute Gasteiger partial charge is 0.463 e. The third-order valence-corrected chi connectivity index (χ3v) is 3.11. The van der Waals surface area contributed by atoms with Gasteiger partial charge >= 0.3 is 5.97 Å². The summed E-state index contributed by atoms with van der Waals surface area (Å²) in [5.74, 6) is -1.05. The number of benzene rings is 1. The molecule has 0 N–H and O–H groups in total. The minimum absolute atomic E-state index is 0.00855. The van der Waals surface area contributed by atoms with Crippen molar-refractivity contribution in [1.29, 1.82) is 0 Å². The summed E-state index contributed by atoms with van der Waals surface area (Å²) in [5, 5.41) is 4.04. The van der Waals surface area contributed by atoms with E-state index in [1.165, 1.54) is 30.0 Å². The van der Waals surface area contributed by atoms with Crippen molar-refractivity contribution in [3.63, 3.8) is 0 Å². The Morgan fingerprint density at radius 2 is 2.19 bits per heavy atom. The Hall–Kier alpha value is -2.54. The number of aromatic nitrogens is 4. The molecule has 0 atom stereocenters. The number of halogens is 2. The summed E-state index contributed by atoms with van der Waals surface area (Å²) in [6, 6.07) is 5.93. The van der Waals surface area contributed by atoms with Crippen LogP contribution in [0.15, 0.2) is 30.5 Å². The number of methoxy groups -OCH3 is 1. The smallest absolute Gasteiger partial charge is 0.378 e. The Morgan fingerprint density at radius 1 is 1.38 bits per heavy atom. The number of fused-ring (bicyclic) bond motifs is 1. The fourth-order valence-corrected chi connectivity index (χ4v) is 2.03.